The highest BCUT2D eigenvalue weighted by Crippen LogP contribution is 2.24. The molecule has 2 bridgehead atoms. The van der Waals surface area contributed by atoms with Crippen molar-refractivity contribution in [3.8, 4) is 5.75 Å². The Kier molecular flexibility index (Phi) is 7.28. The smallest absolute Gasteiger partial charge is 0.251 e. The molecule has 3 aromatic carbocycles. The van der Waals surface area contributed by atoms with E-state index in [0.29, 0.717) is 56.2 Å². The zero-order chi connectivity index (χ0) is 24.7. The first kappa shape index (κ1) is 23.6. The van der Waals surface area contributed by atoms with E-state index in [-0.39, 0.29) is 11.8 Å². The number of rotatable bonds is 4. The number of para-hydroxylation sites is 1. The minimum Gasteiger partial charge on any atom is -0.491 e. The van der Waals surface area contributed by atoms with Crippen molar-refractivity contribution in [2.45, 2.75) is 12.8 Å². The molecule has 0 spiro atoms. The Morgan fingerprint density at radius 3 is 2.83 bits per heavy atom. The van der Waals surface area contributed by atoms with Crippen LogP contribution in [-0.4, -0.2) is 49.7 Å². The summed E-state index contributed by atoms with van der Waals surface area (Å²) in [4.78, 5) is 28.7. The van der Waals surface area contributed by atoms with Crippen molar-refractivity contribution >= 4 is 22.7 Å². The maximum Gasteiger partial charge on any atom is 0.251 e. The van der Waals surface area contributed by atoms with Crippen molar-refractivity contribution in [3.05, 3.63) is 101 Å². The Bertz CT molecular complexity index is 1380. The molecule has 184 valence electrons. The lowest BCUT2D eigenvalue weighted by atomic mass is 9.99. The number of benzene rings is 3. The SMILES string of the molecule is O=C1NCCOCCOc2ccc(C(=O)NCCc3c[nH]c4ccccc34)cc2Cc2cccc1c2. The molecule has 7 heteroatoms. The van der Waals surface area contributed by atoms with Crippen molar-refractivity contribution < 1.29 is 19.1 Å². The van der Waals surface area contributed by atoms with Crippen LogP contribution in [0, 0.1) is 0 Å². The molecule has 0 atom stereocenters. The van der Waals surface area contributed by atoms with Gasteiger partial charge in [-0.2, -0.15) is 0 Å². The van der Waals surface area contributed by atoms with Gasteiger partial charge in [0.25, 0.3) is 11.8 Å². The first-order valence-electron chi connectivity index (χ1n) is 12.2. The predicted molar refractivity (Wildman–Crippen MR) is 139 cm³/mol. The normalized spacial score (nSPS) is 14.3. The molecule has 2 amide bonds. The molecule has 5 rings (SSSR count). The quantitative estimate of drug-likeness (QED) is 0.411. The standard InChI is InChI=1S/C29H29N3O4/c33-28-21-5-3-4-20(16-21)17-24-18-22(8-9-27(24)36-15-14-35-13-12-31-28)29(34)30-11-10-23-19-32-26-7-2-1-6-25(23)26/h1-9,16,18-19,32H,10-15,17H2,(H,30,34)(H,31,33). The van der Waals surface area contributed by atoms with Crippen LogP contribution >= 0.6 is 0 Å². The summed E-state index contributed by atoms with van der Waals surface area (Å²) >= 11 is 0. The Hall–Kier alpha value is -4.10. The monoisotopic (exact) mass is 483 g/mol. The second kappa shape index (κ2) is 11.1. The van der Waals surface area contributed by atoms with Crippen molar-refractivity contribution in [2.75, 3.05) is 32.9 Å². The first-order chi connectivity index (χ1) is 17.7. The van der Waals surface area contributed by atoms with E-state index < -0.39 is 0 Å². The average molecular weight is 484 g/mol. The number of hydrogen-bond acceptors (Lipinski definition) is 4. The molecule has 0 saturated heterocycles. The molecule has 36 heavy (non-hydrogen) atoms. The van der Waals surface area contributed by atoms with Gasteiger partial charge in [-0.3, -0.25) is 9.59 Å². The van der Waals surface area contributed by atoms with E-state index in [1.807, 2.05) is 54.7 Å². The number of fused-ring (bicyclic) bond motifs is 4. The summed E-state index contributed by atoms with van der Waals surface area (Å²) < 4.78 is 11.5. The maximum absolute atomic E-state index is 13.0. The van der Waals surface area contributed by atoms with Crippen LogP contribution in [-0.2, 0) is 17.6 Å². The lowest BCUT2D eigenvalue weighted by Gasteiger charge is -2.15. The Labute approximate surface area is 209 Å². The van der Waals surface area contributed by atoms with Crippen molar-refractivity contribution in [2.24, 2.45) is 0 Å². The van der Waals surface area contributed by atoms with E-state index in [4.69, 9.17) is 9.47 Å². The lowest BCUT2D eigenvalue weighted by molar-refractivity contribution is 0.0865. The molecule has 0 fully saturated rings. The molecule has 0 saturated carbocycles. The van der Waals surface area contributed by atoms with Gasteiger partial charge in [0, 0.05) is 47.7 Å². The largest absolute Gasteiger partial charge is 0.491 e. The fourth-order valence-corrected chi connectivity index (χ4v) is 4.44. The van der Waals surface area contributed by atoms with Gasteiger partial charge in [-0.25, -0.2) is 0 Å². The summed E-state index contributed by atoms with van der Waals surface area (Å²) in [6, 6.07) is 21.2. The maximum atomic E-state index is 13.0. The highest BCUT2D eigenvalue weighted by molar-refractivity contribution is 5.95. The van der Waals surface area contributed by atoms with E-state index in [9.17, 15) is 9.59 Å². The van der Waals surface area contributed by atoms with Gasteiger partial charge in [0.1, 0.15) is 12.4 Å². The fourth-order valence-electron chi connectivity index (χ4n) is 4.44. The van der Waals surface area contributed by atoms with Crippen LogP contribution in [0.3, 0.4) is 0 Å². The van der Waals surface area contributed by atoms with Crippen LogP contribution < -0.4 is 15.4 Å². The van der Waals surface area contributed by atoms with Crippen molar-refractivity contribution in [1.82, 2.24) is 15.6 Å². The molecule has 1 aliphatic rings. The van der Waals surface area contributed by atoms with E-state index >= 15 is 0 Å². The fraction of sp³-hybridized carbons (Fsp3) is 0.241. The van der Waals surface area contributed by atoms with Gasteiger partial charge in [0.05, 0.1) is 13.2 Å². The molecule has 7 nitrogen and oxygen atoms in total. The second-order valence-electron chi connectivity index (χ2n) is 8.78. The van der Waals surface area contributed by atoms with Crippen molar-refractivity contribution in [3.63, 3.8) is 0 Å². The molecule has 3 N–H and O–H groups in total. The van der Waals surface area contributed by atoms with Crippen LogP contribution in [0.4, 0.5) is 0 Å². The molecule has 4 aromatic rings. The summed E-state index contributed by atoms with van der Waals surface area (Å²) in [6.45, 7) is 2.19. The Morgan fingerprint density at radius 1 is 0.972 bits per heavy atom. The van der Waals surface area contributed by atoms with Gasteiger partial charge >= 0.3 is 0 Å². The number of hydrogen-bond donors (Lipinski definition) is 3. The molecular formula is C29H29N3O4. The van der Waals surface area contributed by atoms with Crippen LogP contribution in [0.25, 0.3) is 10.9 Å². The number of amides is 2. The first-order valence-corrected chi connectivity index (χ1v) is 12.2. The topological polar surface area (TPSA) is 92.4 Å². The average Bonchev–Trinajstić information content (AvgIpc) is 3.31. The van der Waals surface area contributed by atoms with Crippen LogP contribution in [0.15, 0.2) is 72.9 Å². The zero-order valence-electron chi connectivity index (χ0n) is 20.0. The molecule has 1 aromatic heterocycles. The zero-order valence-corrected chi connectivity index (χ0v) is 20.0. The number of aromatic amines is 1. The number of H-pyrrole nitrogens is 1. The summed E-state index contributed by atoms with van der Waals surface area (Å²) in [5.41, 5.74) is 5.29. The van der Waals surface area contributed by atoms with Gasteiger partial charge in [0.15, 0.2) is 0 Å². The molecule has 0 aliphatic carbocycles. The summed E-state index contributed by atoms with van der Waals surface area (Å²) in [6.07, 6.45) is 3.27. The summed E-state index contributed by atoms with van der Waals surface area (Å²) in [5, 5.41) is 7.08. The summed E-state index contributed by atoms with van der Waals surface area (Å²) in [7, 11) is 0. The van der Waals surface area contributed by atoms with Gasteiger partial charge in [0.2, 0.25) is 0 Å². The molecule has 1 aliphatic heterocycles. The molecular weight excluding hydrogens is 454 g/mol. The van der Waals surface area contributed by atoms with Gasteiger partial charge in [-0.1, -0.05) is 30.3 Å². The van der Waals surface area contributed by atoms with E-state index in [2.05, 4.69) is 21.7 Å². The van der Waals surface area contributed by atoms with Gasteiger partial charge in [-0.05, 0) is 59.5 Å². The predicted octanol–water partition coefficient (Wildman–Crippen LogP) is 3.87. The molecule has 0 unspecified atom stereocenters. The number of aromatic nitrogens is 1. The number of nitrogens with one attached hydrogen (secondary N) is 3. The number of carbonyl (C=O) groups excluding carboxylic acids is 2. The summed E-state index contributed by atoms with van der Waals surface area (Å²) in [5.74, 6) is 0.451. The third kappa shape index (κ3) is 5.58. The van der Waals surface area contributed by atoms with Gasteiger partial charge in [-0.15, -0.1) is 0 Å². The van der Waals surface area contributed by atoms with E-state index in [1.54, 1.807) is 12.1 Å². The van der Waals surface area contributed by atoms with E-state index in [1.165, 1.54) is 10.9 Å². The Morgan fingerprint density at radius 2 is 1.89 bits per heavy atom. The minimum absolute atomic E-state index is 0.127. The lowest BCUT2D eigenvalue weighted by Crippen LogP contribution is -2.28. The second-order valence-corrected chi connectivity index (χ2v) is 8.78. The Balaban J connectivity index is 1.32. The number of ether oxygens (including phenoxy) is 2. The highest BCUT2D eigenvalue weighted by atomic mass is 16.5. The van der Waals surface area contributed by atoms with Gasteiger partial charge < -0.3 is 25.1 Å². The van der Waals surface area contributed by atoms with E-state index in [0.717, 1.165) is 23.1 Å². The van der Waals surface area contributed by atoms with Crippen LogP contribution in [0.1, 0.15) is 37.4 Å². The number of carbonyl (C=O) groups is 2. The third-order valence-corrected chi connectivity index (χ3v) is 6.28. The molecule has 2 heterocycles. The van der Waals surface area contributed by atoms with Crippen molar-refractivity contribution in [1.29, 1.82) is 0 Å². The molecule has 0 radical (unpaired) electrons. The minimum atomic E-state index is -0.131. The van der Waals surface area contributed by atoms with Crippen LogP contribution in [0.2, 0.25) is 0 Å². The third-order valence-electron chi connectivity index (χ3n) is 6.28. The van der Waals surface area contributed by atoms with Crippen LogP contribution in [0.5, 0.6) is 5.75 Å². The highest BCUT2D eigenvalue weighted by Gasteiger charge is 2.14.